The first-order valence-electron chi connectivity index (χ1n) is 4.66. The molecule has 1 aromatic heterocycles. The summed E-state index contributed by atoms with van der Waals surface area (Å²) in [5, 5.41) is 4.25. The summed E-state index contributed by atoms with van der Waals surface area (Å²) in [6.07, 6.45) is 1.71. The topological polar surface area (TPSA) is 50.9 Å². The highest BCUT2D eigenvalue weighted by molar-refractivity contribution is 14.1. The Hall–Kier alpha value is -1.04. The van der Waals surface area contributed by atoms with Gasteiger partial charge in [0, 0.05) is 16.0 Å². The summed E-state index contributed by atoms with van der Waals surface area (Å²) in [4.78, 5) is 4.38. The molecule has 0 fully saturated rings. The van der Waals surface area contributed by atoms with Crippen LogP contribution in [0.25, 0.3) is 10.9 Å². The second-order valence-electron chi connectivity index (χ2n) is 3.43. The third kappa shape index (κ3) is 1.62. The Bertz CT molecular complexity index is 523. The second-order valence-corrected chi connectivity index (χ2v) is 4.59. The van der Waals surface area contributed by atoms with Crippen molar-refractivity contribution in [3.63, 3.8) is 0 Å². The number of pyridine rings is 1. The van der Waals surface area contributed by atoms with Crippen LogP contribution in [0.4, 0.5) is 11.4 Å². The SMILES string of the molecule is CNc1c(N)cnc2c(C)ccc(I)c12. The van der Waals surface area contributed by atoms with E-state index in [1.54, 1.807) is 6.20 Å². The first-order valence-corrected chi connectivity index (χ1v) is 5.74. The van der Waals surface area contributed by atoms with Crippen molar-refractivity contribution in [2.24, 2.45) is 0 Å². The zero-order valence-electron chi connectivity index (χ0n) is 8.63. The quantitative estimate of drug-likeness (QED) is 0.796. The lowest BCUT2D eigenvalue weighted by Crippen LogP contribution is -2.00. The number of nitrogens with one attached hydrogen (secondary N) is 1. The molecule has 0 aliphatic carbocycles. The lowest BCUT2D eigenvalue weighted by molar-refractivity contribution is 1.35. The molecule has 0 saturated carbocycles. The van der Waals surface area contributed by atoms with Gasteiger partial charge in [-0.2, -0.15) is 0 Å². The maximum Gasteiger partial charge on any atom is 0.0764 e. The summed E-state index contributed by atoms with van der Waals surface area (Å²) >= 11 is 2.30. The van der Waals surface area contributed by atoms with Gasteiger partial charge in [-0.05, 0) is 41.1 Å². The van der Waals surface area contributed by atoms with Crippen LogP contribution in [0.3, 0.4) is 0 Å². The third-order valence-corrected chi connectivity index (χ3v) is 3.35. The minimum atomic E-state index is 0.688. The van der Waals surface area contributed by atoms with Crippen LogP contribution < -0.4 is 11.1 Å². The van der Waals surface area contributed by atoms with Gasteiger partial charge in [-0.1, -0.05) is 6.07 Å². The van der Waals surface area contributed by atoms with Crippen molar-refractivity contribution < 1.29 is 0 Å². The van der Waals surface area contributed by atoms with E-state index in [2.05, 4.69) is 51.9 Å². The average Bonchev–Trinajstić information content (AvgIpc) is 2.23. The van der Waals surface area contributed by atoms with Gasteiger partial charge in [0.1, 0.15) is 0 Å². The Morgan fingerprint density at radius 1 is 1.40 bits per heavy atom. The summed E-state index contributed by atoms with van der Waals surface area (Å²) in [6.45, 7) is 2.06. The van der Waals surface area contributed by atoms with Gasteiger partial charge in [0.2, 0.25) is 0 Å². The Morgan fingerprint density at radius 2 is 2.13 bits per heavy atom. The van der Waals surface area contributed by atoms with Crippen LogP contribution in [-0.2, 0) is 0 Å². The van der Waals surface area contributed by atoms with Gasteiger partial charge in [-0.3, -0.25) is 4.98 Å². The summed E-state index contributed by atoms with van der Waals surface area (Å²) < 4.78 is 1.16. The number of fused-ring (bicyclic) bond motifs is 1. The zero-order valence-corrected chi connectivity index (χ0v) is 10.8. The van der Waals surface area contributed by atoms with Gasteiger partial charge in [0.05, 0.1) is 23.1 Å². The molecular formula is C11H12IN3. The minimum Gasteiger partial charge on any atom is -0.396 e. The zero-order chi connectivity index (χ0) is 11.0. The molecule has 15 heavy (non-hydrogen) atoms. The maximum atomic E-state index is 5.89. The normalized spacial score (nSPS) is 10.6. The molecule has 78 valence electrons. The van der Waals surface area contributed by atoms with Gasteiger partial charge in [0.15, 0.2) is 0 Å². The molecule has 3 N–H and O–H groups in total. The molecule has 2 rings (SSSR count). The number of rotatable bonds is 1. The average molecular weight is 313 g/mol. The van der Waals surface area contributed by atoms with E-state index < -0.39 is 0 Å². The molecule has 0 unspecified atom stereocenters. The fraction of sp³-hybridized carbons (Fsp3) is 0.182. The molecule has 0 spiro atoms. The highest BCUT2D eigenvalue weighted by Gasteiger charge is 2.09. The Balaban J connectivity index is 2.96. The van der Waals surface area contributed by atoms with Crippen molar-refractivity contribution in [2.75, 3.05) is 18.1 Å². The number of nitrogens with two attached hydrogens (primary N) is 1. The van der Waals surface area contributed by atoms with Crippen LogP contribution in [-0.4, -0.2) is 12.0 Å². The third-order valence-electron chi connectivity index (χ3n) is 2.45. The van der Waals surface area contributed by atoms with E-state index in [-0.39, 0.29) is 0 Å². The van der Waals surface area contributed by atoms with Crippen molar-refractivity contribution in [2.45, 2.75) is 6.92 Å². The monoisotopic (exact) mass is 313 g/mol. The number of halogens is 1. The number of hydrogen-bond donors (Lipinski definition) is 2. The molecule has 3 nitrogen and oxygen atoms in total. The van der Waals surface area contributed by atoms with E-state index >= 15 is 0 Å². The Kier molecular flexibility index (Phi) is 2.68. The van der Waals surface area contributed by atoms with E-state index in [0.717, 1.165) is 20.2 Å². The van der Waals surface area contributed by atoms with Crippen molar-refractivity contribution >= 4 is 44.9 Å². The van der Waals surface area contributed by atoms with Gasteiger partial charge >= 0.3 is 0 Å². The molecule has 0 saturated heterocycles. The fourth-order valence-corrected chi connectivity index (χ4v) is 2.39. The number of hydrogen-bond acceptors (Lipinski definition) is 3. The number of nitrogens with zero attached hydrogens (tertiary/aromatic N) is 1. The van der Waals surface area contributed by atoms with E-state index in [9.17, 15) is 0 Å². The molecule has 0 amide bonds. The summed E-state index contributed by atoms with van der Waals surface area (Å²) in [7, 11) is 1.88. The predicted octanol–water partition coefficient (Wildman–Crippen LogP) is 2.77. The Labute approximate surface area is 102 Å². The fourth-order valence-electron chi connectivity index (χ4n) is 1.69. The first-order chi connectivity index (χ1) is 7.15. The van der Waals surface area contributed by atoms with Crippen LogP contribution in [0.15, 0.2) is 18.3 Å². The largest absolute Gasteiger partial charge is 0.396 e. The molecule has 0 aliphatic rings. The van der Waals surface area contributed by atoms with Crippen LogP contribution in [0.1, 0.15) is 5.56 Å². The summed E-state index contributed by atoms with van der Waals surface area (Å²) in [6, 6.07) is 4.16. The molecule has 0 bridgehead atoms. The molecule has 0 aliphatic heterocycles. The number of aromatic nitrogens is 1. The van der Waals surface area contributed by atoms with E-state index in [1.807, 2.05) is 7.05 Å². The molecular weight excluding hydrogens is 301 g/mol. The van der Waals surface area contributed by atoms with Crippen LogP contribution in [0.5, 0.6) is 0 Å². The van der Waals surface area contributed by atoms with Crippen LogP contribution >= 0.6 is 22.6 Å². The molecule has 4 heteroatoms. The van der Waals surface area contributed by atoms with E-state index in [1.165, 1.54) is 5.56 Å². The van der Waals surface area contributed by atoms with Gasteiger partial charge in [-0.15, -0.1) is 0 Å². The van der Waals surface area contributed by atoms with Crippen LogP contribution in [0.2, 0.25) is 0 Å². The molecule has 0 atom stereocenters. The lowest BCUT2D eigenvalue weighted by Gasteiger charge is -2.11. The van der Waals surface area contributed by atoms with Crippen LogP contribution in [0, 0.1) is 10.5 Å². The van der Waals surface area contributed by atoms with Crippen molar-refractivity contribution in [1.82, 2.24) is 4.98 Å². The van der Waals surface area contributed by atoms with E-state index in [4.69, 9.17) is 5.73 Å². The van der Waals surface area contributed by atoms with Crippen molar-refractivity contribution in [1.29, 1.82) is 0 Å². The summed E-state index contributed by atoms with van der Waals surface area (Å²) in [5.74, 6) is 0. The number of aryl methyl sites for hydroxylation is 1. The molecule has 1 aromatic carbocycles. The second kappa shape index (κ2) is 3.84. The van der Waals surface area contributed by atoms with E-state index in [0.29, 0.717) is 5.69 Å². The van der Waals surface area contributed by atoms with Crippen molar-refractivity contribution in [3.8, 4) is 0 Å². The first kappa shape index (κ1) is 10.5. The summed E-state index contributed by atoms with van der Waals surface area (Å²) in [5.41, 5.74) is 9.72. The maximum absolute atomic E-state index is 5.89. The number of benzene rings is 1. The van der Waals surface area contributed by atoms with Gasteiger partial charge in [0.25, 0.3) is 0 Å². The standard InChI is InChI=1S/C11H12IN3/c1-6-3-4-7(12)9-10(6)15-5-8(13)11(9)14-2/h3-5H,13H2,1-2H3,(H,14,15). The predicted molar refractivity (Wildman–Crippen MR) is 73.2 cm³/mol. The van der Waals surface area contributed by atoms with Crippen molar-refractivity contribution in [3.05, 3.63) is 27.5 Å². The van der Waals surface area contributed by atoms with Gasteiger partial charge in [-0.25, -0.2) is 0 Å². The molecule has 2 aromatic rings. The lowest BCUT2D eigenvalue weighted by atomic mass is 10.1. The smallest absolute Gasteiger partial charge is 0.0764 e. The molecule has 1 heterocycles. The highest BCUT2D eigenvalue weighted by Crippen LogP contribution is 2.32. The van der Waals surface area contributed by atoms with Gasteiger partial charge < -0.3 is 11.1 Å². The number of anilines is 2. The molecule has 0 radical (unpaired) electrons. The minimum absolute atomic E-state index is 0.688. The Morgan fingerprint density at radius 3 is 2.80 bits per heavy atom. The number of nitrogen functional groups attached to an aromatic ring is 1. The highest BCUT2D eigenvalue weighted by atomic mass is 127.